The molecule has 0 radical (unpaired) electrons. The molecule has 52 heavy (non-hydrogen) atoms. The average Bonchev–Trinajstić information content (AvgIpc) is 3.18. The molecule has 2 aliphatic rings. The molecule has 4 heterocycles. The molecular formula is C41H45N9O2. The van der Waals surface area contributed by atoms with Crippen LogP contribution in [0.4, 0.5) is 17.3 Å². The lowest BCUT2D eigenvalue weighted by Crippen LogP contribution is -2.53. The number of nitrogens with one attached hydrogen (secondary N) is 3. The third kappa shape index (κ3) is 8.75. The van der Waals surface area contributed by atoms with E-state index in [1.165, 1.54) is 5.56 Å². The summed E-state index contributed by atoms with van der Waals surface area (Å²) in [5.74, 6) is 0.351. The second-order valence-corrected chi connectivity index (χ2v) is 13.7. The first kappa shape index (κ1) is 35.1. The van der Waals surface area contributed by atoms with Crippen LogP contribution in [0.15, 0.2) is 104 Å². The number of hydrogen-bond acceptors (Lipinski definition) is 10. The van der Waals surface area contributed by atoms with Crippen LogP contribution in [-0.2, 0) is 13.1 Å². The summed E-state index contributed by atoms with van der Waals surface area (Å²) < 4.78 is 0. The summed E-state index contributed by atoms with van der Waals surface area (Å²) in [7, 11) is 2.16. The van der Waals surface area contributed by atoms with Gasteiger partial charge in [0.15, 0.2) is 5.78 Å². The SMILES string of the molecule is Cc1ccc(NC(=O)c2ccccc2CN2CCNC(C(=O)c3ccc(CN4CCN(C)CC4)cc3)C2)cc1Nc1nccc(-c2cccnc2)n1. The van der Waals surface area contributed by atoms with E-state index in [0.717, 1.165) is 72.9 Å². The lowest BCUT2D eigenvalue weighted by Gasteiger charge is -2.33. The van der Waals surface area contributed by atoms with Crippen molar-refractivity contribution in [1.82, 2.24) is 35.0 Å². The molecule has 0 aliphatic carbocycles. The smallest absolute Gasteiger partial charge is 0.255 e. The highest BCUT2D eigenvalue weighted by molar-refractivity contribution is 6.05. The highest BCUT2D eigenvalue weighted by Gasteiger charge is 2.27. The normalized spacial score (nSPS) is 17.1. The molecule has 11 heteroatoms. The van der Waals surface area contributed by atoms with Gasteiger partial charge >= 0.3 is 0 Å². The number of anilines is 3. The summed E-state index contributed by atoms with van der Waals surface area (Å²) in [6.45, 7) is 9.79. The molecule has 5 aromatic rings. The number of nitrogens with zero attached hydrogens (tertiary/aromatic N) is 6. The number of pyridine rings is 1. The van der Waals surface area contributed by atoms with Crippen molar-refractivity contribution in [3.05, 3.63) is 131 Å². The minimum absolute atomic E-state index is 0.0971. The Hall–Kier alpha value is -5.33. The van der Waals surface area contributed by atoms with Crippen LogP contribution < -0.4 is 16.0 Å². The number of aromatic nitrogens is 3. The van der Waals surface area contributed by atoms with Gasteiger partial charge in [-0.3, -0.25) is 24.4 Å². The van der Waals surface area contributed by atoms with Crippen LogP contribution in [0, 0.1) is 6.92 Å². The highest BCUT2D eigenvalue weighted by Crippen LogP contribution is 2.25. The molecule has 266 valence electrons. The van der Waals surface area contributed by atoms with E-state index in [9.17, 15) is 9.59 Å². The van der Waals surface area contributed by atoms with Crippen molar-refractivity contribution in [2.45, 2.75) is 26.1 Å². The highest BCUT2D eigenvalue weighted by atomic mass is 16.1. The van der Waals surface area contributed by atoms with Crippen molar-refractivity contribution in [3.63, 3.8) is 0 Å². The van der Waals surface area contributed by atoms with Gasteiger partial charge in [0.1, 0.15) is 0 Å². The molecule has 0 spiro atoms. The Morgan fingerprint density at radius 1 is 0.865 bits per heavy atom. The fourth-order valence-electron chi connectivity index (χ4n) is 6.74. The van der Waals surface area contributed by atoms with Gasteiger partial charge in [0.2, 0.25) is 5.95 Å². The number of hydrogen-bond donors (Lipinski definition) is 3. The fraction of sp³-hybridized carbons (Fsp3) is 0.293. The molecule has 3 N–H and O–H groups in total. The zero-order chi connectivity index (χ0) is 35.9. The van der Waals surface area contributed by atoms with E-state index in [-0.39, 0.29) is 17.7 Å². The maximum absolute atomic E-state index is 13.7. The first-order valence-corrected chi connectivity index (χ1v) is 17.9. The third-order valence-electron chi connectivity index (χ3n) is 9.83. The van der Waals surface area contributed by atoms with E-state index in [4.69, 9.17) is 0 Å². The fourth-order valence-corrected chi connectivity index (χ4v) is 6.74. The van der Waals surface area contributed by atoms with Gasteiger partial charge in [-0.2, -0.15) is 0 Å². The third-order valence-corrected chi connectivity index (χ3v) is 9.83. The topological polar surface area (TPSA) is 119 Å². The molecule has 11 nitrogen and oxygen atoms in total. The van der Waals surface area contributed by atoms with E-state index in [1.807, 2.05) is 79.7 Å². The molecule has 0 saturated carbocycles. The minimum atomic E-state index is -0.314. The number of rotatable bonds is 11. The summed E-state index contributed by atoms with van der Waals surface area (Å²) in [6, 6.07) is 26.9. The van der Waals surface area contributed by atoms with Gasteiger partial charge in [-0.15, -0.1) is 0 Å². The van der Waals surface area contributed by atoms with Gasteiger partial charge in [-0.05, 0) is 67.1 Å². The number of aryl methyl sites for hydroxylation is 1. The van der Waals surface area contributed by atoms with Gasteiger partial charge in [-0.25, -0.2) is 9.97 Å². The molecule has 1 unspecified atom stereocenters. The molecule has 2 aliphatic heterocycles. The molecule has 2 aromatic heterocycles. The van der Waals surface area contributed by atoms with Crippen molar-refractivity contribution >= 4 is 29.0 Å². The summed E-state index contributed by atoms with van der Waals surface area (Å²) >= 11 is 0. The Bertz CT molecular complexity index is 2000. The zero-order valence-electron chi connectivity index (χ0n) is 29.8. The maximum Gasteiger partial charge on any atom is 0.255 e. The minimum Gasteiger partial charge on any atom is -0.324 e. The second-order valence-electron chi connectivity index (χ2n) is 13.7. The van der Waals surface area contributed by atoms with Crippen molar-refractivity contribution in [2.24, 2.45) is 0 Å². The van der Waals surface area contributed by atoms with E-state index in [2.05, 4.69) is 64.8 Å². The van der Waals surface area contributed by atoms with Crippen LogP contribution in [0.5, 0.6) is 0 Å². The second kappa shape index (κ2) is 16.3. The van der Waals surface area contributed by atoms with Gasteiger partial charge in [0, 0.05) is 106 Å². The molecule has 3 aromatic carbocycles. The summed E-state index contributed by atoms with van der Waals surface area (Å²) in [5.41, 5.74) is 7.54. The van der Waals surface area contributed by atoms with Crippen molar-refractivity contribution in [2.75, 3.05) is 63.5 Å². The van der Waals surface area contributed by atoms with Crippen LogP contribution in [0.2, 0.25) is 0 Å². The predicted octanol–water partition coefficient (Wildman–Crippen LogP) is 5.25. The van der Waals surface area contributed by atoms with Crippen LogP contribution >= 0.6 is 0 Å². The Morgan fingerprint density at radius 3 is 2.50 bits per heavy atom. The predicted molar refractivity (Wildman–Crippen MR) is 205 cm³/mol. The van der Waals surface area contributed by atoms with E-state index in [1.54, 1.807) is 18.6 Å². The van der Waals surface area contributed by atoms with Gasteiger partial charge in [0.05, 0.1) is 11.7 Å². The van der Waals surface area contributed by atoms with E-state index >= 15 is 0 Å². The summed E-state index contributed by atoms with van der Waals surface area (Å²) in [6.07, 6.45) is 5.20. The lowest BCUT2D eigenvalue weighted by atomic mass is 9.99. The van der Waals surface area contributed by atoms with Crippen molar-refractivity contribution in [3.8, 4) is 11.3 Å². The number of carbonyl (C=O) groups excluding carboxylic acids is 2. The van der Waals surface area contributed by atoms with Crippen LogP contribution in [-0.4, -0.2) is 100 Å². The lowest BCUT2D eigenvalue weighted by molar-refractivity contribution is 0.0870. The monoisotopic (exact) mass is 695 g/mol. The quantitative estimate of drug-likeness (QED) is 0.158. The van der Waals surface area contributed by atoms with Crippen LogP contribution in [0.1, 0.15) is 37.4 Å². The van der Waals surface area contributed by atoms with Gasteiger partial charge in [-0.1, -0.05) is 48.5 Å². The summed E-state index contributed by atoms with van der Waals surface area (Å²) in [4.78, 5) is 47.6. The Kier molecular flexibility index (Phi) is 11.0. The van der Waals surface area contributed by atoms with Crippen LogP contribution in [0.3, 0.4) is 0 Å². The first-order chi connectivity index (χ1) is 25.4. The Labute approximate surface area is 305 Å². The number of ketones is 1. The zero-order valence-corrected chi connectivity index (χ0v) is 29.8. The summed E-state index contributed by atoms with van der Waals surface area (Å²) in [5, 5.41) is 9.82. The largest absolute Gasteiger partial charge is 0.324 e. The molecule has 0 bridgehead atoms. The maximum atomic E-state index is 13.7. The molecule has 1 amide bonds. The van der Waals surface area contributed by atoms with Gasteiger partial charge in [0.25, 0.3) is 5.91 Å². The first-order valence-electron chi connectivity index (χ1n) is 17.9. The van der Waals surface area contributed by atoms with Crippen molar-refractivity contribution < 1.29 is 9.59 Å². The number of likely N-dealkylation sites (N-methyl/N-ethyl adjacent to an activating group) is 1. The van der Waals surface area contributed by atoms with Crippen molar-refractivity contribution in [1.29, 1.82) is 0 Å². The number of benzene rings is 3. The molecule has 2 saturated heterocycles. The Morgan fingerprint density at radius 2 is 1.69 bits per heavy atom. The van der Waals surface area contributed by atoms with Gasteiger partial charge < -0.3 is 20.9 Å². The number of amides is 1. The molecular weight excluding hydrogens is 651 g/mol. The number of Topliss-reactive ketones (excluding diaryl/α,β-unsaturated/α-hetero) is 1. The number of piperazine rings is 2. The molecule has 7 rings (SSSR count). The average molecular weight is 696 g/mol. The number of carbonyl (C=O) groups is 2. The van der Waals surface area contributed by atoms with E-state index in [0.29, 0.717) is 36.8 Å². The standard InChI is InChI=1S/C41H45N9O2/c1-29-9-14-34(24-37(29)47-41-44-17-15-36(46-41)32-7-5-16-42-25-32)45-40(52)35-8-4-3-6-33(35)27-50-19-18-43-38(28-50)39(51)31-12-10-30(11-13-31)26-49-22-20-48(2)21-23-49/h3-17,24-25,38,43H,18-23,26-28H2,1-2H3,(H,45,52)(H,44,46,47). The van der Waals surface area contributed by atoms with Crippen LogP contribution in [0.25, 0.3) is 11.3 Å². The molecule has 1 atom stereocenters. The Balaban J connectivity index is 0.975. The molecule has 2 fully saturated rings. The van der Waals surface area contributed by atoms with E-state index < -0.39 is 0 Å².